The largest absolute Gasteiger partial charge is 0.379 e. The molecule has 0 aromatic carbocycles. The Kier molecular flexibility index (Phi) is 35.1. The molecule has 2 aliphatic rings. The molecule has 0 saturated heterocycles. The van der Waals surface area contributed by atoms with Crippen LogP contribution in [0.5, 0.6) is 0 Å². The number of nitrogens with one attached hydrogen (secondary N) is 5. The van der Waals surface area contributed by atoms with Gasteiger partial charge in [0.2, 0.25) is 23.6 Å². The zero-order chi connectivity index (χ0) is 40.2. The molecule has 0 spiro atoms. The number of imide groups is 2. The van der Waals surface area contributed by atoms with E-state index in [1.807, 2.05) is 26.2 Å². The molecule has 52 heavy (non-hydrogen) atoms. The summed E-state index contributed by atoms with van der Waals surface area (Å²) in [4.78, 5) is 110. The smallest absolute Gasteiger partial charge is 0.253 e. The van der Waals surface area contributed by atoms with Crippen molar-refractivity contribution in [3.63, 3.8) is 0 Å². The van der Waals surface area contributed by atoms with Gasteiger partial charge >= 0.3 is 0 Å². The second-order valence-electron chi connectivity index (χ2n) is 9.36. The van der Waals surface area contributed by atoms with E-state index in [-0.39, 0.29) is 95.4 Å². The van der Waals surface area contributed by atoms with Gasteiger partial charge in [-0.2, -0.15) is 0 Å². The fraction of sp³-hybridized carbons (Fsp3) is 0.562. The second kappa shape index (κ2) is 35.6. The summed E-state index contributed by atoms with van der Waals surface area (Å²) in [6, 6.07) is 0. The second-order valence-corrected chi connectivity index (χ2v) is 9.36. The third kappa shape index (κ3) is 28.6. The van der Waals surface area contributed by atoms with Gasteiger partial charge < -0.3 is 29.7 Å². The van der Waals surface area contributed by atoms with E-state index >= 15 is 0 Å². The maximum absolute atomic E-state index is 11.6. The van der Waals surface area contributed by atoms with E-state index in [1.165, 1.54) is 38.2 Å². The average molecular weight is 743 g/mol. The van der Waals surface area contributed by atoms with Gasteiger partial charge in [0.25, 0.3) is 23.6 Å². The van der Waals surface area contributed by atoms with E-state index in [0.29, 0.717) is 13.1 Å². The summed E-state index contributed by atoms with van der Waals surface area (Å²) in [5.41, 5.74) is 7.15. The highest BCUT2D eigenvalue weighted by molar-refractivity contribution is 6.13. The number of hydrazine groups is 2. The van der Waals surface area contributed by atoms with Gasteiger partial charge in [-0.1, -0.05) is 20.8 Å². The third-order valence-corrected chi connectivity index (χ3v) is 5.58. The zero-order valence-corrected chi connectivity index (χ0v) is 30.5. The van der Waals surface area contributed by atoms with E-state index in [2.05, 4.69) is 21.5 Å². The van der Waals surface area contributed by atoms with E-state index in [1.54, 1.807) is 0 Å². The Morgan fingerprint density at radius 1 is 0.635 bits per heavy atom. The number of carbonyl (C=O) groups is 10. The van der Waals surface area contributed by atoms with E-state index in [4.69, 9.17) is 24.9 Å². The van der Waals surface area contributed by atoms with Crippen molar-refractivity contribution < 1.29 is 57.4 Å². The van der Waals surface area contributed by atoms with Crippen molar-refractivity contribution in [3.05, 3.63) is 24.3 Å². The van der Waals surface area contributed by atoms with Gasteiger partial charge in [0.15, 0.2) is 0 Å². The lowest BCUT2D eigenvalue weighted by molar-refractivity contribution is -0.139. The highest BCUT2D eigenvalue weighted by Crippen LogP contribution is 2.04. The molecule has 20 nitrogen and oxygen atoms in total. The Bertz CT molecular complexity index is 1150. The quantitative estimate of drug-likeness (QED) is 0.0191. The molecule has 0 radical (unpaired) electrons. The number of rotatable bonds is 20. The van der Waals surface area contributed by atoms with Crippen molar-refractivity contribution in [1.82, 2.24) is 36.7 Å². The monoisotopic (exact) mass is 742 g/mol. The Hall–Kier alpha value is -5.18. The van der Waals surface area contributed by atoms with Gasteiger partial charge in [0.1, 0.15) is 12.6 Å². The van der Waals surface area contributed by atoms with Gasteiger partial charge in [-0.3, -0.25) is 59.0 Å². The molecule has 0 fully saturated rings. The van der Waals surface area contributed by atoms with Crippen molar-refractivity contribution in [2.75, 3.05) is 59.2 Å². The summed E-state index contributed by atoms with van der Waals surface area (Å²) >= 11 is 0. The van der Waals surface area contributed by atoms with E-state index in [9.17, 15) is 38.4 Å². The van der Waals surface area contributed by atoms with Gasteiger partial charge in [0, 0.05) is 69.9 Å². The molecule has 2 heterocycles. The Morgan fingerprint density at radius 3 is 1.31 bits per heavy atom. The highest BCUT2D eigenvalue weighted by Gasteiger charge is 2.24. The van der Waals surface area contributed by atoms with Gasteiger partial charge in [-0.15, -0.1) is 0 Å². The standard InChI is InChI=1S/C14H22N4O5.C12H18N4O5.2C2H4O.C2H6/c1-2-16-17-12(20)6-9-23-10-7-15-11(19)5-8-18-13(21)3-4-14(18)22;13-15-10(18)4-7-21-8-5-14-9(17)3-6-16-11(19)1-2-12(16)20;2*1-2-3;1-2/h3-4,16H,2,5-10H2,1H3,(H,15,19)(H,17,20);1-2H,3-8,13H2,(H,14,17)(H,15,18);2*2H,1H3;1-2H3. The molecule has 0 atom stereocenters. The molecule has 0 aromatic heterocycles. The van der Waals surface area contributed by atoms with Gasteiger partial charge in [-0.25, -0.2) is 11.3 Å². The van der Waals surface area contributed by atoms with Crippen LogP contribution in [0.15, 0.2) is 24.3 Å². The Balaban J connectivity index is -0.000000770. The summed E-state index contributed by atoms with van der Waals surface area (Å²) in [6.07, 6.45) is 6.67. The van der Waals surface area contributed by atoms with Gasteiger partial charge in [-0.05, 0) is 13.8 Å². The van der Waals surface area contributed by atoms with E-state index < -0.39 is 23.6 Å². The molecule has 0 aliphatic carbocycles. The molecule has 0 saturated carbocycles. The molecule has 2 aliphatic heterocycles. The van der Waals surface area contributed by atoms with Crippen LogP contribution in [0.1, 0.15) is 60.3 Å². The van der Waals surface area contributed by atoms with Crippen LogP contribution < -0.4 is 32.8 Å². The van der Waals surface area contributed by atoms with Crippen LogP contribution in [-0.2, 0) is 57.4 Å². The molecule has 2 rings (SSSR count). The molecule has 0 unspecified atom stereocenters. The minimum absolute atomic E-state index is 0.0364. The lowest BCUT2D eigenvalue weighted by Crippen LogP contribution is -2.37. The summed E-state index contributed by atoms with van der Waals surface area (Å²) in [6.45, 7) is 11.1. The van der Waals surface area contributed by atoms with Crippen molar-refractivity contribution in [1.29, 1.82) is 0 Å². The first kappa shape index (κ1) is 51.2. The number of aldehydes is 2. The van der Waals surface area contributed by atoms with Gasteiger partial charge in [0.05, 0.1) is 39.3 Å². The molecule has 294 valence electrons. The van der Waals surface area contributed by atoms with Crippen LogP contribution in [0.3, 0.4) is 0 Å². The van der Waals surface area contributed by atoms with Crippen LogP contribution >= 0.6 is 0 Å². The average Bonchev–Trinajstić information content (AvgIpc) is 3.63. The Morgan fingerprint density at radius 2 is 0.981 bits per heavy atom. The topological polar surface area (TPSA) is 282 Å². The summed E-state index contributed by atoms with van der Waals surface area (Å²) in [5, 5.41) is 5.19. The number of nitrogens with zero attached hydrogens (tertiary/aromatic N) is 2. The van der Waals surface area contributed by atoms with Crippen LogP contribution in [0, 0.1) is 0 Å². The molecular weight excluding hydrogens is 688 g/mol. The van der Waals surface area contributed by atoms with Crippen molar-refractivity contribution in [2.45, 2.75) is 60.3 Å². The fourth-order valence-electron chi connectivity index (χ4n) is 3.29. The first-order chi connectivity index (χ1) is 24.9. The molecule has 0 bridgehead atoms. The number of ether oxygens (including phenoxy) is 2. The SMILES string of the molecule is CC.CC=O.CC=O.CCNNC(=O)CCOCCNC(=O)CCN1C(=O)C=CC1=O.NNC(=O)CCOCCNC(=O)CCN1C(=O)C=CC1=O. The van der Waals surface area contributed by atoms with Crippen LogP contribution in [-0.4, -0.2) is 129 Å². The summed E-state index contributed by atoms with van der Waals surface area (Å²) < 4.78 is 10.3. The minimum atomic E-state index is -0.408. The zero-order valence-electron chi connectivity index (χ0n) is 30.5. The number of amides is 8. The molecule has 8 amide bonds. The number of hydrogen-bond donors (Lipinski definition) is 6. The lowest BCUT2D eigenvalue weighted by Gasteiger charge is -2.13. The summed E-state index contributed by atoms with van der Waals surface area (Å²) in [7, 11) is 0. The van der Waals surface area contributed by atoms with E-state index in [0.717, 1.165) is 22.4 Å². The first-order valence-electron chi connectivity index (χ1n) is 16.5. The number of carbonyl (C=O) groups excluding carboxylic acids is 10. The molecule has 20 heteroatoms. The van der Waals surface area contributed by atoms with Crippen molar-refractivity contribution in [3.8, 4) is 0 Å². The number of nitrogens with two attached hydrogens (primary N) is 1. The normalized spacial score (nSPS) is 12.1. The lowest BCUT2D eigenvalue weighted by atomic mass is 10.3. The summed E-state index contributed by atoms with van der Waals surface area (Å²) in [5.74, 6) is 2.22. The fourth-order valence-corrected chi connectivity index (χ4v) is 3.29. The minimum Gasteiger partial charge on any atom is -0.379 e. The molecule has 0 aromatic rings. The predicted molar refractivity (Wildman–Crippen MR) is 187 cm³/mol. The van der Waals surface area contributed by atoms with Crippen LogP contribution in [0.4, 0.5) is 0 Å². The molecule has 7 N–H and O–H groups in total. The molecular formula is C32H54N8O12. The first-order valence-corrected chi connectivity index (χ1v) is 16.5. The van der Waals surface area contributed by atoms with Crippen molar-refractivity contribution >= 4 is 59.8 Å². The van der Waals surface area contributed by atoms with Crippen molar-refractivity contribution in [2.24, 2.45) is 5.84 Å². The predicted octanol–water partition coefficient (Wildman–Crippen LogP) is -2.28. The highest BCUT2D eigenvalue weighted by atomic mass is 16.5. The Labute approximate surface area is 303 Å². The maximum Gasteiger partial charge on any atom is 0.253 e. The third-order valence-electron chi connectivity index (χ3n) is 5.58. The van der Waals surface area contributed by atoms with Crippen LogP contribution in [0.25, 0.3) is 0 Å². The number of hydrogen-bond acceptors (Lipinski definition) is 14. The maximum atomic E-state index is 11.6. The van der Waals surface area contributed by atoms with Crippen LogP contribution in [0.2, 0.25) is 0 Å².